The normalized spacial score (nSPS) is 11.6. The first-order valence-electron chi connectivity index (χ1n) is 8.43. The van der Waals surface area contributed by atoms with Gasteiger partial charge in [-0.1, -0.05) is 128 Å². The molecule has 3 aromatic rings. The van der Waals surface area contributed by atoms with Crippen LogP contribution in [-0.2, 0) is 5.54 Å². The summed E-state index contributed by atoms with van der Waals surface area (Å²) in [7, 11) is 0. The van der Waals surface area contributed by atoms with E-state index >= 15 is 0 Å². The minimum Gasteiger partial charge on any atom is -0.640 e. The zero-order valence-electron chi connectivity index (χ0n) is 15.6. The summed E-state index contributed by atoms with van der Waals surface area (Å²) in [5, 5.41) is 5.35. The molecule has 0 unspecified atom stereocenters. The van der Waals surface area contributed by atoms with Crippen LogP contribution in [0.5, 0.6) is 0 Å². The number of rotatable bonds is 4. The van der Waals surface area contributed by atoms with E-state index in [9.17, 15) is 0 Å². The molecule has 122 valence electrons. The van der Waals surface area contributed by atoms with Gasteiger partial charge in [0, 0.05) is 0 Å². The topological polar surface area (TPSA) is 14.1 Å². The molecule has 0 aliphatic rings. The van der Waals surface area contributed by atoms with Gasteiger partial charge in [0.25, 0.3) is 0 Å². The van der Waals surface area contributed by atoms with Crippen LogP contribution >= 0.6 is 0 Å². The molecule has 0 aromatic heterocycles. The van der Waals surface area contributed by atoms with Gasteiger partial charge in [-0.25, -0.2) is 0 Å². The average molecular weight is 321 g/mol. The SMILES string of the molecule is CC(C)(C)[N-]C(c1ccccc1)(c1ccccc1)c1ccccc1.[Li+]. The summed E-state index contributed by atoms with van der Waals surface area (Å²) < 4.78 is 0. The van der Waals surface area contributed by atoms with Crippen LogP contribution in [0.2, 0.25) is 0 Å². The van der Waals surface area contributed by atoms with Gasteiger partial charge in [-0.15, -0.1) is 5.54 Å². The molecule has 25 heavy (non-hydrogen) atoms. The van der Waals surface area contributed by atoms with E-state index in [0.29, 0.717) is 0 Å². The second kappa shape index (κ2) is 8.06. The van der Waals surface area contributed by atoms with Gasteiger partial charge < -0.3 is 5.32 Å². The van der Waals surface area contributed by atoms with Crippen LogP contribution in [0.3, 0.4) is 0 Å². The van der Waals surface area contributed by atoms with Crippen LogP contribution in [0.4, 0.5) is 0 Å². The van der Waals surface area contributed by atoms with Crippen LogP contribution in [0.25, 0.3) is 5.32 Å². The molecular formula is C23H24LiN. The quantitative estimate of drug-likeness (QED) is 0.518. The fraction of sp³-hybridized carbons (Fsp3) is 0.217. The maximum Gasteiger partial charge on any atom is 1.00 e. The van der Waals surface area contributed by atoms with Gasteiger partial charge in [0.15, 0.2) is 0 Å². The molecule has 3 aromatic carbocycles. The maximum absolute atomic E-state index is 5.35. The Labute approximate surface area is 163 Å². The summed E-state index contributed by atoms with van der Waals surface area (Å²) in [4.78, 5) is 0. The molecule has 0 fully saturated rings. The first kappa shape index (κ1) is 19.5. The van der Waals surface area contributed by atoms with Crippen molar-refractivity contribution in [1.82, 2.24) is 0 Å². The van der Waals surface area contributed by atoms with E-state index in [4.69, 9.17) is 5.32 Å². The third-order valence-corrected chi connectivity index (χ3v) is 4.08. The summed E-state index contributed by atoms with van der Waals surface area (Å²) in [6.07, 6.45) is 0. The third kappa shape index (κ3) is 4.25. The van der Waals surface area contributed by atoms with Crippen LogP contribution in [0.1, 0.15) is 37.5 Å². The largest absolute Gasteiger partial charge is 1.00 e. The molecule has 0 amide bonds. The Kier molecular flexibility index (Phi) is 6.30. The van der Waals surface area contributed by atoms with E-state index in [0.717, 1.165) is 0 Å². The fourth-order valence-corrected chi connectivity index (χ4v) is 3.23. The van der Waals surface area contributed by atoms with Crippen molar-refractivity contribution in [3.05, 3.63) is 113 Å². The van der Waals surface area contributed by atoms with Crippen molar-refractivity contribution < 1.29 is 18.9 Å². The summed E-state index contributed by atoms with van der Waals surface area (Å²) in [6, 6.07) is 31.8. The predicted octanol–water partition coefficient (Wildman–Crippen LogP) is 3.15. The van der Waals surface area contributed by atoms with E-state index in [1.54, 1.807) is 0 Å². The first-order chi connectivity index (χ1) is 11.5. The van der Waals surface area contributed by atoms with E-state index in [-0.39, 0.29) is 24.4 Å². The van der Waals surface area contributed by atoms with Crippen molar-refractivity contribution >= 4 is 0 Å². The van der Waals surface area contributed by atoms with Gasteiger partial charge in [-0.3, -0.25) is 0 Å². The van der Waals surface area contributed by atoms with Gasteiger partial charge in [0.2, 0.25) is 0 Å². The molecule has 1 nitrogen and oxygen atoms in total. The third-order valence-electron chi connectivity index (χ3n) is 4.08. The second-order valence-electron chi connectivity index (χ2n) is 7.09. The Hall–Kier alpha value is -1.78. The zero-order valence-corrected chi connectivity index (χ0v) is 15.6. The smallest absolute Gasteiger partial charge is 0.640 e. The molecular weight excluding hydrogens is 297 g/mol. The van der Waals surface area contributed by atoms with Crippen molar-refractivity contribution in [1.29, 1.82) is 0 Å². The molecule has 3 rings (SSSR count). The Morgan fingerprint density at radius 3 is 1.04 bits per heavy atom. The molecule has 0 bridgehead atoms. The molecule has 0 radical (unpaired) electrons. The molecule has 0 saturated heterocycles. The van der Waals surface area contributed by atoms with Crippen molar-refractivity contribution in [2.24, 2.45) is 0 Å². The minimum atomic E-state index is -0.512. The van der Waals surface area contributed by atoms with Crippen molar-refractivity contribution in [2.45, 2.75) is 31.8 Å². The van der Waals surface area contributed by atoms with Gasteiger partial charge in [0.1, 0.15) is 0 Å². The standard InChI is InChI=1S/C23H24N.Li/c1-22(2,3)24-23(19-13-7-4-8-14-19,20-15-9-5-10-16-20)21-17-11-6-12-18-21;/h4-18H,1-3H3;/q-1;+1. The van der Waals surface area contributed by atoms with Gasteiger partial charge in [0.05, 0.1) is 0 Å². The number of hydrogen-bond acceptors (Lipinski definition) is 0. The molecule has 0 N–H and O–H groups in total. The Bertz CT molecular complexity index is 665. The van der Waals surface area contributed by atoms with E-state index < -0.39 is 5.54 Å². The van der Waals surface area contributed by atoms with Crippen molar-refractivity contribution in [3.8, 4) is 0 Å². The average Bonchev–Trinajstić information content (AvgIpc) is 2.61. The predicted molar refractivity (Wildman–Crippen MR) is 102 cm³/mol. The molecule has 0 saturated carbocycles. The van der Waals surface area contributed by atoms with Gasteiger partial charge in [-0.2, -0.15) is 0 Å². The van der Waals surface area contributed by atoms with Crippen molar-refractivity contribution in [2.75, 3.05) is 0 Å². The second-order valence-corrected chi connectivity index (χ2v) is 7.09. The van der Waals surface area contributed by atoms with E-state index in [2.05, 4.69) is 112 Å². The Morgan fingerprint density at radius 1 is 0.520 bits per heavy atom. The van der Waals surface area contributed by atoms with Gasteiger partial charge in [-0.05, 0) is 5.54 Å². The Morgan fingerprint density at radius 2 is 0.800 bits per heavy atom. The van der Waals surface area contributed by atoms with Crippen LogP contribution in [0, 0.1) is 0 Å². The summed E-state index contributed by atoms with van der Waals surface area (Å²) >= 11 is 0. The van der Waals surface area contributed by atoms with Gasteiger partial charge >= 0.3 is 18.9 Å². The van der Waals surface area contributed by atoms with Crippen LogP contribution in [0.15, 0.2) is 91.0 Å². The number of nitrogens with zero attached hydrogens (tertiary/aromatic N) is 1. The fourth-order valence-electron chi connectivity index (χ4n) is 3.23. The molecule has 0 spiro atoms. The molecule has 0 atom stereocenters. The molecule has 2 heteroatoms. The number of hydrogen-bond donors (Lipinski definition) is 0. The van der Waals surface area contributed by atoms with Crippen molar-refractivity contribution in [3.63, 3.8) is 0 Å². The number of benzene rings is 3. The van der Waals surface area contributed by atoms with E-state index in [1.807, 2.05) is 0 Å². The monoisotopic (exact) mass is 321 g/mol. The maximum atomic E-state index is 5.35. The Balaban J connectivity index is 0.00000225. The summed E-state index contributed by atoms with van der Waals surface area (Å²) in [6.45, 7) is 6.49. The minimum absolute atomic E-state index is 0. The zero-order chi connectivity index (χ0) is 17.0. The molecule has 0 heterocycles. The summed E-state index contributed by atoms with van der Waals surface area (Å²) in [5.41, 5.74) is 2.88. The molecule has 0 aliphatic carbocycles. The van der Waals surface area contributed by atoms with Crippen LogP contribution < -0.4 is 18.9 Å². The van der Waals surface area contributed by atoms with Crippen LogP contribution in [-0.4, -0.2) is 5.54 Å². The summed E-state index contributed by atoms with van der Waals surface area (Å²) in [5.74, 6) is 0. The van der Waals surface area contributed by atoms with E-state index in [1.165, 1.54) is 16.7 Å². The first-order valence-corrected chi connectivity index (χ1v) is 8.43. The molecule has 0 aliphatic heterocycles.